The molecule has 0 fully saturated rings. The molecule has 2 heterocycles. The quantitative estimate of drug-likeness (QED) is 0.0945. The second-order valence-electron chi connectivity index (χ2n) is 14.9. The van der Waals surface area contributed by atoms with Gasteiger partial charge in [-0.3, -0.25) is 9.78 Å². The van der Waals surface area contributed by atoms with E-state index in [9.17, 15) is 15.2 Å². The zero-order valence-corrected chi connectivity index (χ0v) is 32.2. The molecule has 0 spiro atoms. The van der Waals surface area contributed by atoms with Gasteiger partial charge in [0.25, 0.3) is 0 Å². The second-order valence-corrected chi connectivity index (χ2v) is 14.9. The van der Waals surface area contributed by atoms with E-state index >= 15 is 0 Å². The van der Waals surface area contributed by atoms with E-state index in [0.29, 0.717) is 17.1 Å². The fourth-order valence-corrected chi connectivity index (χ4v) is 7.58. The van der Waals surface area contributed by atoms with Crippen LogP contribution in [0.2, 0.25) is 0 Å². The second kappa shape index (κ2) is 17.5. The molecule has 276 valence electrons. The molecule has 0 aliphatic carbocycles. The largest absolute Gasteiger partial charge is 0.481 e. The Morgan fingerprint density at radius 3 is 1.89 bits per heavy atom. The highest BCUT2D eigenvalue weighted by Crippen LogP contribution is 2.40. The number of hydrogen-bond donors (Lipinski definition) is 1. The molecule has 6 aromatic rings. The minimum absolute atomic E-state index is 0.193. The average molecular weight is 717 g/mol. The number of nitrogens with zero attached hydrogens (tertiary/aromatic N) is 4. The zero-order valence-electron chi connectivity index (χ0n) is 32.2. The lowest BCUT2D eigenvalue weighted by molar-refractivity contribution is -0.138. The van der Waals surface area contributed by atoms with Crippen molar-refractivity contribution in [2.24, 2.45) is 0 Å². The number of aryl methyl sites for hydroxylation is 2. The van der Waals surface area contributed by atoms with E-state index in [0.717, 1.165) is 69.7 Å². The van der Waals surface area contributed by atoms with E-state index in [4.69, 9.17) is 9.97 Å². The lowest BCUT2D eigenvalue weighted by atomic mass is 9.87. The van der Waals surface area contributed by atoms with Gasteiger partial charge in [-0.05, 0) is 115 Å². The summed E-state index contributed by atoms with van der Waals surface area (Å²) in [5.74, 6) is -0.296. The number of fused-ring (bicyclic) bond motifs is 2. The van der Waals surface area contributed by atoms with Crippen LogP contribution in [0, 0.1) is 11.3 Å². The van der Waals surface area contributed by atoms with E-state index in [1.165, 1.54) is 49.7 Å². The summed E-state index contributed by atoms with van der Waals surface area (Å²) in [6, 6.07) is 37.4. The third-order valence-corrected chi connectivity index (χ3v) is 10.9. The molecule has 2 aromatic heterocycles. The Morgan fingerprint density at radius 1 is 0.704 bits per heavy atom. The Bertz CT molecular complexity index is 2280. The van der Waals surface area contributed by atoms with Gasteiger partial charge in [0.15, 0.2) is 0 Å². The summed E-state index contributed by atoms with van der Waals surface area (Å²) in [7, 11) is 1.92. The molecule has 0 bridgehead atoms. The SMILES string of the molecule is CCCCCCc1ccc2nc(N(C)C(C)(CC(=O)O)c3cc(-c4ccccc4)c4cc(CCCCCC)ccc4n3)cc(-c3cccc(C#N)c3)c2c1. The van der Waals surface area contributed by atoms with Crippen LogP contribution in [-0.4, -0.2) is 28.1 Å². The molecule has 1 unspecified atom stereocenters. The van der Waals surface area contributed by atoms with Crippen LogP contribution in [0.3, 0.4) is 0 Å². The highest BCUT2D eigenvalue weighted by atomic mass is 16.4. The van der Waals surface area contributed by atoms with Crippen LogP contribution in [0.15, 0.2) is 103 Å². The van der Waals surface area contributed by atoms with Crippen LogP contribution in [0.4, 0.5) is 5.82 Å². The molecule has 54 heavy (non-hydrogen) atoms. The van der Waals surface area contributed by atoms with Crippen molar-refractivity contribution in [3.8, 4) is 28.3 Å². The van der Waals surface area contributed by atoms with Gasteiger partial charge in [0.2, 0.25) is 0 Å². The summed E-state index contributed by atoms with van der Waals surface area (Å²) in [5.41, 5.74) is 8.31. The van der Waals surface area contributed by atoms with Crippen LogP contribution in [0.5, 0.6) is 0 Å². The molecule has 0 amide bonds. The number of aromatic nitrogens is 2. The summed E-state index contributed by atoms with van der Waals surface area (Å²) in [6.07, 6.45) is 11.4. The molecule has 0 aliphatic rings. The maximum absolute atomic E-state index is 12.8. The van der Waals surface area contributed by atoms with Crippen LogP contribution in [0.25, 0.3) is 44.1 Å². The van der Waals surface area contributed by atoms with Crippen LogP contribution >= 0.6 is 0 Å². The van der Waals surface area contributed by atoms with Gasteiger partial charge in [0.05, 0.1) is 40.3 Å². The summed E-state index contributed by atoms with van der Waals surface area (Å²) in [4.78, 5) is 25.2. The van der Waals surface area contributed by atoms with E-state index in [2.05, 4.69) is 74.5 Å². The van der Waals surface area contributed by atoms with Crippen molar-refractivity contribution in [3.63, 3.8) is 0 Å². The van der Waals surface area contributed by atoms with Gasteiger partial charge >= 0.3 is 5.97 Å². The fraction of sp³-hybridized carbons (Fsp3) is 0.333. The Morgan fingerprint density at radius 2 is 1.30 bits per heavy atom. The van der Waals surface area contributed by atoms with Crippen LogP contribution in [-0.2, 0) is 23.2 Å². The first kappa shape index (κ1) is 38.2. The smallest absolute Gasteiger partial charge is 0.306 e. The van der Waals surface area contributed by atoms with Crippen molar-refractivity contribution in [1.29, 1.82) is 5.26 Å². The molecule has 0 saturated heterocycles. The molecule has 6 heteroatoms. The number of pyridine rings is 2. The number of carboxylic acids is 1. The maximum atomic E-state index is 12.8. The van der Waals surface area contributed by atoms with Gasteiger partial charge in [-0.2, -0.15) is 5.26 Å². The number of benzene rings is 4. The van der Waals surface area contributed by atoms with Crippen molar-refractivity contribution in [2.45, 2.75) is 96.9 Å². The van der Waals surface area contributed by atoms with E-state index in [-0.39, 0.29) is 6.42 Å². The van der Waals surface area contributed by atoms with Crippen molar-refractivity contribution in [2.75, 3.05) is 11.9 Å². The summed E-state index contributed by atoms with van der Waals surface area (Å²) in [5, 5.41) is 22.3. The molecule has 0 saturated carbocycles. The number of hydrogen-bond acceptors (Lipinski definition) is 5. The third-order valence-electron chi connectivity index (χ3n) is 10.9. The molecule has 4 aromatic carbocycles. The summed E-state index contributed by atoms with van der Waals surface area (Å²) in [6.45, 7) is 6.41. The number of nitriles is 1. The predicted octanol–water partition coefficient (Wildman–Crippen LogP) is 12.1. The maximum Gasteiger partial charge on any atom is 0.306 e. The first-order valence-corrected chi connectivity index (χ1v) is 19.6. The normalized spacial score (nSPS) is 12.4. The van der Waals surface area contributed by atoms with Crippen LogP contribution < -0.4 is 4.90 Å². The van der Waals surface area contributed by atoms with Gasteiger partial charge < -0.3 is 10.0 Å². The number of aliphatic carboxylic acids is 1. The molecule has 0 radical (unpaired) electrons. The van der Waals surface area contributed by atoms with Crippen LogP contribution in [0.1, 0.15) is 101 Å². The van der Waals surface area contributed by atoms with Gasteiger partial charge in [-0.1, -0.05) is 107 Å². The fourth-order valence-electron chi connectivity index (χ4n) is 7.58. The molecular formula is C48H52N4O2. The van der Waals surface area contributed by atoms with Crippen molar-refractivity contribution in [1.82, 2.24) is 9.97 Å². The van der Waals surface area contributed by atoms with Crippen molar-refractivity contribution in [3.05, 3.63) is 126 Å². The van der Waals surface area contributed by atoms with Gasteiger partial charge in [0.1, 0.15) is 5.82 Å². The first-order valence-electron chi connectivity index (χ1n) is 19.6. The molecule has 6 nitrogen and oxygen atoms in total. The zero-order chi connectivity index (χ0) is 38.1. The van der Waals surface area contributed by atoms with E-state index < -0.39 is 11.5 Å². The van der Waals surface area contributed by atoms with Gasteiger partial charge in [-0.25, -0.2) is 4.98 Å². The van der Waals surface area contributed by atoms with E-state index in [1.807, 2.05) is 67.4 Å². The van der Waals surface area contributed by atoms with Crippen molar-refractivity contribution >= 4 is 33.6 Å². The van der Waals surface area contributed by atoms with Crippen molar-refractivity contribution < 1.29 is 9.90 Å². The summed E-state index contributed by atoms with van der Waals surface area (Å²) >= 11 is 0. The molecule has 0 aliphatic heterocycles. The Kier molecular flexibility index (Phi) is 12.4. The minimum Gasteiger partial charge on any atom is -0.481 e. The molecular weight excluding hydrogens is 665 g/mol. The Labute approximate surface area is 320 Å². The third kappa shape index (κ3) is 8.63. The number of anilines is 1. The van der Waals surface area contributed by atoms with E-state index in [1.54, 1.807) is 0 Å². The van der Waals surface area contributed by atoms with Gasteiger partial charge in [-0.15, -0.1) is 0 Å². The number of unbranched alkanes of at least 4 members (excludes halogenated alkanes) is 6. The number of rotatable bonds is 17. The average Bonchev–Trinajstić information content (AvgIpc) is 3.20. The Balaban J connectivity index is 1.49. The topological polar surface area (TPSA) is 90.1 Å². The van der Waals surface area contributed by atoms with Gasteiger partial charge in [0, 0.05) is 17.8 Å². The Hall–Kier alpha value is -5.54. The lowest BCUT2D eigenvalue weighted by Gasteiger charge is -2.39. The molecule has 6 rings (SSSR count). The summed E-state index contributed by atoms with van der Waals surface area (Å²) < 4.78 is 0. The number of carbonyl (C=O) groups is 1. The molecule has 1 atom stereocenters. The highest BCUT2D eigenvalue weighted by Gasteiger charge is 2.38. The number of carboxylic acid groups (broad SMARTS) is 1. The lowest BCUT2D eigenvalue weighted by Crippen LogP contribution is -2.44. The highest BCUT2D eigenvalue weighted by molar-refractivity contribution is 5.98. The standard InChI is InChI=1S/C48H52N4O2/c1-5-7-9-12-17-34-23-25-43-41(28-34)39(37-20-14-11-15-21-37)30-45(50-43)48(3,32-47(53)54)52(4)46-31-40(38-22-16-19-36(27-38)33-49)42-29-35(18-13-10-8-6-2)24-26-44(42)51-46/h11,14-16,19-31H,5-10,12-13,17-18,32H2,1-4H3,(H,53,54). The minimum atomic E-state index is -1.08. The first-order chi connectivity index (χ1) is 26.2. The monoisotopic (exact) mass is 716 g/mol. The molecule has 1 N–H and O–H groups in total. The predicted molar refractivity (Wildman–Crippen MR) is 223 cm³/mol.